The molecular weight excluding hydrogens is 364 g/mol. The molecule has 2 fully saturated rings. The van der Waals surface area contributed by atoms with Gasteiger partial charge in [0.05, 0.1) is 31.8 Å². The van der Waals surface area contributed by atoms with Crippen LogP contribution in [0.2, 0.25) is 0 Å². The third-order valence-electron chi connectivity index (χ3n) is 5.75. The highest BCUT2D eigenvalue weighted by atomic mass is 16.7. The molecule has 0 radical (unpaired) electrons. The molecule has 1 spiro atoms. The average Bonchev–Trinajstić information content (AvgIpc) is 2.69. The lowest BCUT2D eigenvalue weighted by atomic mass is 9.90. The Morgan fingerprint density at radius 3 is 1.48 bits per heavy atom. The molecule has 2 aliphatic heterocycles. The second kappa shape index (κ2) is 9.40. The highest BCUT2D eigenvalue weighted by Crippen LogP contribution is 2.34. The molecule has 2 heterocycles. The van der Waals surface area contributed by atoms with Gasteiger partial charge >= 0.3 is 0 Å². The molecule has 156 valence electrons. The van der Waals surface area contributed by atoms with Gasteiger partial charge in [0.2, 0.25) is 0 Å². The van der Waals surface area contributed by atoms with Crippen LogP contribution in [0.5, 0.6) is 0 Å². The molecule has 4 aliphatic rings. The highest BCUT2D eigenvalue weighted by Gasteiger charge is 2.43. The summed E-state index contributed by atoms with van der Waals surface area (Å²) in [5, 5.41) is 0. The van der Waals surface area contributed by atoms with Crippen molar-refractivity contribution in [3.63, 3.8) is 0 Å². The molecule has 0 aromatic rings. The third kappa shape index (κ3) is 5.26. The lowest BCUT2D eigenvalue weighted by molar-refractivity contribution is -0.286. The number of ether oxygens (including phenoxy) is 4. The van der Waals surface area contributed by atoms with Gasteiger partial charge in [-0.3, -0.25) is 0 Å². The predicted octanol–water partition coefficient (Wildman–Crippen LogP) is 4.88. The topological polar surface area (TPSA) is 36.9 Å². The largest absolute Gasteiger partial charge is 0.348 e. The molecule has 2 aliphatic carbocycles. The van der Waals surface area contributed by atoms with Crippen LogP contribution in [-0.2, 0) is 18.9 Å². The van der Waals surface area contributed by atoms with Gasteiger partial charge in [0.1, 0.15) is 0 Å². The van der Waals surface area contributed by atoms with Crippen LogP contribution in [0.15, 0.2) is 71.9 Å². The average molecular weight is 397 g/mol. The van der Waals surface area contributed by atoms with Crippen LogP contribution in [0, 0.1) is 17.3 Å². The molecule has 4 heteroatoms. The van der Waals surface area contributed by atoms with Gasteiger partial charge < -0.3 is 18.9 Å². The van der Waals surface area contributed by atoms with E-state index in [1.807, 2.05) is 0 Å². The Hall–Kier alpha value is -1.72. The van der Waals surface area contributed by atoms with Crippen LogP contribution in [0.4, 0.5) is 0 Å². The van der Waals surface area contributed by atoms with Gasteiger partial charge in [-0.15, -0.1) is 0 Å². The van der Waals surface area contributed by atoms with Crippen molar-refractivity contribution in [2.75, 3.05) is 26.4 Å². The molecule has 2 saturated heterocycles. The molecule has 0 saturated carbocycles. The fraction of sp³-hybridized carbons (Fsp3) is 0.520. The lowest BCUT2D eigenvalue weighted by Crippen LogP contribution is -2.52. The molecule has 29 heavy (non-hydrogen) atoms. The Morgan fingerprint density at radius 2 is 1.07 bits per heavy atom. The van der Waals surface area contributed by atoms with Gasteiger partial charge in [-0.25, -0.2) is 0 Å². The zero-order valence-electron chi connectivity index (χ0n) is 17.5. The SMILES string of the molecule is CC1\C=C(C2OCC3(CO2)COC(C2=C/C(C)C/C=C/C=C\2)OC3)/C=C\C=C\C1. The summed E-state index contributed by atoms with van der Waals surface area (Å²) < 4.78 is 24.5. The van der Waals surface area contributed by atoms with Crippen LogP contribution in [0.3, 0.4) is 0 Å². The lowest BCUT2D eigenvalue weighted by Gasteiger charge is -2.44. The maximum atomic E-state index is 6.13. The van der Waals surface area contributed by atoms with Gasteiger partial charge in [0, 0.05) is 11.1 Å². The molecule has 0 amide bonds. The van der Waals surface area contributed by atoms with E-state index in [0.29, 0.717) is 38.3 Å². The molecule has 0 bridgehead atoms. The smallest absolute Gasteiger partial charge is 0.183 e. The standard InChI is InChI=1S/C25H32O4/c1-19-9-5-3-7-11-21(13-19)23-26-15-25(16-27-23)17-28-24(29-18-25)22-12-8-4-6-10-20(2)14-22/h3-8,11-14,19-20,23-24H,9-10,15-18H2,1-2H3/b5-3+,6-4+,11-7-,12-8-,21-13+,22-14+. The zero-order valence-corrected chi connectivity index (χ0v) is 17.5. The Labute approximate surface area is 174 Å². The molecule has 0 aromatic heterocycles. The first kappa shape index (κ1) is 20.5. The Bertz CT molecular complexity index is 671. The number of hydrogen-bond donors (Lipinski definition) is 0. The van der Waals surface area contributed by atoms with E-state index in [9.17, 15) is 0 Å². The van der Waals surface area contributed by atoms with Crippen LogP contribution < -0.4 is 0 Å². The monoisotopic (exact) mass is 396 g/mol. The number of rotatable bonds is 2. The van der Waals surface area contributed by atoms with Crippen LogP contribution in [0.25, 0.3) is 0 Å². The number of hydrogen-bond acceptors (Lipinski definition) is 4. The van der Waals surface area contributed by atoms with Crippen molar-refractivity contribution >= 4 is 0 Å². The van der Waals surface area contributed by atoms with Crippen molar-refractivity contribution in [3.05, 3.63) is 71.9 Å². The van der Waals surface area contributed by atoms with Gasteiger partial charge in [0.25, 0.3) is 0 Å². The van der Waals surface area contributed by atoms with E-state index in [2.05, 4.69) is 74.6 Å². The highest BCUT2D eigenvalue weighted by molar-refractivity contribution is 5.28. The van der Waals surface area contributed by atoms with Crippen molar-refractivity contribution in [2.24, 2.45) is 17.3 Å². The molecule has 0 N–H and O–H groups in total. The van der Waals surface area contributed by atoms with Crippen LogP contribution >= 0.6 is 0 Å². The van der Waals surface area contributed by atoms with Crippen LogP contribution in [-0.4, -0.2) is 39.0 Å². The van der Waals surface area contributed by atoms with E-state index in [4.69, 9.17) is 18.9 Å². The fourth-order valence-corrected chi connectivity index (χ4v) is 4.04. The summed E-state index contributed by atoms with van der Waals surface area (Å²) in [4.78, 5) is 0. The minimum Gasteiger partial charge on any atom is -0.348 e. The second-order valence-corrected chi connectivity index (χ2v) is 8.74. The van der Waals surface area contributed by atoms with Gasteiger partial charge in [-0.05, 0) is 24.7 Å². The summed E-state index contributed by atoms with van der Waals surface area (Å²) >= 11 is 0. The molecule has 0 aromatic carbocycles. The Kier molecular flexibility index (Phi) is 6.66. The summed E-state index contributed by atoms with van der Waals surface area (Å²) in [5.74, 6) is 0.942. The minimum absolute atomic E-state index is 0.234. The first-order chi connectivity index (χ1) is 14.1. The number of allylic oxidation sites excluding steroid dienone is 8. The first-order valence-corrected chi connectivity index (χ1v) is 10.7. The normalized spacial score (nSPS) is 46.0. The molecule has 2 unspecified atom stereocenters. The van der Waals surface area contributed by atoms with E-state index in [-0.39, 0.29) is 18.0 Å². The zero-order chi connectivity index (χ0) is 20.1. The molecule has 2 atom stereocenters. The quantitative estimate of drug-likeness (QED) is 0.667. The van der Waals surface area contributed by atoms with Gasteiger partial charge in [0.15, 0.2) is 12.6 Å². The van der Waals surface area contributed by atoms with E-state index < -0.39 is 0 Å². The van der Waals surface area contributed by atoms with Crippen molar-refractivity contribution in [3.8, 4) is 0 Å². The Morgan fingerprint density at radius 1 is 0.655 bits per heavy atom. The summed E-state index contributed by atoms with van der Waals surface area (Å²) in [7, 11) is 0. The summed E-state index contributed by atoms with van der Waals surface area (Å²) in [6.07, 6.45) is 22.8. The van der Waals surface area contributed by atoms with E-state index in [1.54, 1.807) is 0 Å². The van der Waals surface area contributed by atoms with E-state index in [1.165, 1.54) is 0 Å². The maximum absolute atomic E-state index is 6.13. The molecular formula is C25H32O4. The fourth-order valence-electron chi connectivity index (χ4n) is 4.04. The van der Waals surface area contributed by atoms with Crippen LogP contribution in [0.1, 0.15) is 26.7 Å². The maximum Gasteiger partial charge on any atom is 0.183 e. The Balaban J connectivity index is 1.35. The van der Waals surface area contributed by atoms with Gasteiger partial charge in [-0.1, -0.05) is 74.6 Å². The minimum atomic E-state index is -0.313. The van der Waals surface area contributed by atoms with E-state index in [0.717, 1.165) is 24.0 Å². The van der Waals surface area contributed by atoms with Crippen molar-refractivity contribution < 1.29 is 18.9 Å². The second-order valence-electron chi connectivity index (χ2n) is 8.74. The summed E-state index contributed by atoms with van der Waals surface area (Å²) in [6, 6.07) is 0. The van der Waals surface area contributed by atoms with E-state index >= 15 is 0 Å². The summed E-state index contributed by atoms with van der Waals surface area (Å²) in [6.45, 7) is 6.74. The van der Waals surface area contributed by atoms with Crippen molar-refractivity contribution in [1.29, 1.82) is 0 Å². The molecule has 4 rings (SSSR count). The van der Waals surface area contributed by atoms with Crippen molar-refractivity contribution in [2.45, 2.75) is 39.3 Å². The first-order valence-electron chi connectivity index (χ1n) is 10.7. The molecule has 4 nitrogen and oxygen atoms in total. The van der Waals surface area contributed by atoms with Gasteiger partial charge in [-0.2, -0.15) is 0 Å². The predicted molar refractivity (Wildman–Crippen MR) is 114 cm³/mol. The van der Waals surface area contributed by atoms with Crippen molar-refractivity contribution in [1.82, 2.24) is 0 Å². The third-order valence-corrected chi connectivity index (χ3v) is 5.75. The summed E-state index contributed by atoms with van der Waals surface area (Å²) in [5.41, 5.74) is 1.96.